The second-order valence-corrected chi connectivity index (χ2v) is 5.03. The van der Waals surface area contributed by atoms with Gasteiger partial charge in [-0.05, 0) is 26.7 Å². The fourth-order valence-electron chi connectivity index (χ4n) is 2.11. The molecule has 3 unspecified atom stereocenters. The lowest BCUT2D eigenvalue weighted by Gasteiger charge is -2.52. The molecule has 0 aromatic carbocycles. The van der Waals surface area contributed by atoms with Crippen molar-refractivity contribution in [1.82, 2.24) is 5.32 Å². The highest BCUT2D eigenvalue weighted by Crippen LogP contribution is 2.42. The Labute approximate surface area is 88.4 Å². The molecule has 0 aliphatic heterocycles. The Balaban J connectivity index is 2.38. The minimum absolute atomic E-state index is 0.305. The van der Waals surface area contributed by atoms with E-state index < -0.39 is 0 Å². The fourth-order valence-corrected chi connectivity index (χ4v) is 2.11. The Morgan fingerprint density at radius 1 is 1.43 bits per heavy atom. The molecule has 84 valence electrons. The van der Waals surface area contributed by atoms with Gasteiger partial charge in [0.1, 0.15) is 0 Å². The van der Waals surface area contributed by atoms with Crippen LogP contribution >= 0.6 is 0 Å². The second-order valence-electron chi connectivity index (χ2n) is 5.03. The molecule has 0 spiro atoms. The minimum Gasteiger partial charge on any atom is -0.378 e. The van der Waals surface area contributed by atoms with Crippen molar-refractivity contribution in [3.8, 4) is 0 Å². The Hall–Kier alpha value is -0.0800. The summed E-state index contributed by atoms with van der Waals surface area (Å²) >= 11 is 0. The standard InChI is InChI=1S/C12H25NO/c1-6-9(3)13-10-8-11(14-7-2)12(10,4)5/h9-11,13H,6-8H2,1-5H3. The predicted octanol–water partition coefficient (Wildman–Crippen LogP) is 2.58. The van der Waals surface area contributed by atoms with Crippen molar-refractivity contribution < 1.29 is 4.74 Å². The molecule has 2 nitrogen and oxygen atoms in total. The summed E-state index contributed by atoms with van der Waals surface area (Å²) in [6.45, 7) is 12.0. The molecule has 1 rings (SSSR count). The van der Waals surface area contributed by atoms with Crippen molar-refractivity contribution >= 4 is 0 Å². The number of hydrogen-bond acceptors (Lipinski definition) is 2. The second kappa shape index (κ2) is 4.63. The van der Waals surface area contributed by atoms with Gasteiger partial charge in [0.2, 0.25) is 0 Å². The summed E-state index contributed by atoms with van der Waals surface area (Å²) < 4.78 is 5.70. The van der Waals surface area contributed by atoms with Gasteiger partial charge in [0.15, 0.2) is 0 Å². The number of nitrogens with one attached hydrogen (secondary N) is 1. The van der Waals surface area contributed by atoms with Crippen LogP contribution in [-0.4, -0.2) is 24.8 Å². The third-order valence-electron chi connectivity index (χ3n) is 3.64. The molecule has 1 aliphatic rings. The molecule has 14 heavy (non-hydrogen) atoms. The minimum atomic E-state index is 0.305. The van der Waals surface area contributed by atoms with Crippen LogP contribution in [0.3, 0.4) is 0 Å². The Kier molecular flexibility index (Phi) is 3.96. The van der Waals surface area contributed by atoms with Crippen molar-refractivity contribution in [2.45, 2.75) is 65.6 Å². The third kappa shape index (κ3) is 2.29. The lowest BCUT2D eigenvalue weighted by atomic mass is 9.64. The summed E-state index contributed by atoms with van der Waals surface area (Å²) in [6, 6.07) is 1.26. The Bertz CT molecular complexity index is 179. The highest BCUT2D eigenvalue weighted by atomic mass is 16.5. The number of rotatable bonds is 5. The van der Waals surface area contributed by atoms with Crippen LogP contribution in [-0.2, 0) is 4.74 Å². The van der Waals surface area contributed by atoms with Gasteiger partial charge in [-0.1, -0.05) is 20.8 Å². The molecule has 0 aromatic rings. The molecule has 0 aromatic heterocycles. The molecule has 1 N–H and O–H groups in total. The molecular weight excluding hydrogens is 174 g/mol. The average molecular weight is 199 g/mol. The van der Waals surface area contributed by atoms with Crippen molar-refractivity contribution in [3.63, 3.8) is 0 Å². The molecule has 0 amide bonds. The highest BCUT2D eigenvalue weighted by molar-refractivity contribution is 5.03. The molecule has 0 radical (unpaired) electrons. The van der Waals surface area contributed by atoms with Gasteiger partial charge >= 0.3 is 0 Å². The first-order valence-electron chi connectivity index (χ1n) is 5.90. The summed E-state index contributed by atoms with van der Waals surface area (Å²) in [5.41, 5.74) is 0.305. The van der Waals surface area contributed by atoms with Gasteiger partial charge in [0, 0.05) is 24.1 Å². The van der Waals surface area contributed by atoms with Crippen LogP contribution in [0.25, 0.3) is 0 Å². The maximum atomic E-state index is 5.70. The van der Waals surface area contributed by atoms with Gasteiger partial charge in [-0.25, -0.2) is 0 Å². The largest absolute Gasteiger partial charge is 0.378 e. The summed E-state index contributed by atoms with van der Waals surface area (Å²) in [7, 11) is 0. The monoisotopic (exact) mass is 199 g/mol. The van der Waals surface area contributed by atoms with Gasteiger partial charge in [-0.3, -0.25) is 0 Å². The van der Waals surface area contributed by atoms with Gasteiger partial charge in [0.25, 0.3) is 0 Å². The molecular formula is C12H25NO. The summed E-state index contributed by atoms with van der Waals surface area (Å²) in [5, 5.41) is 3.66. The van der Waals surface area contributed by atoms with E-state index in [0.717, 1.165) is 6.61 Å². The van der Waals surface area contributed by atoms with E-state index in [-0.39, 0.29) is 0 Å². The van der Waals surface area contributed by atoms with Crippen LogP contribution in [0.1, 0.15) is 47.5 Å². The van der Waals surface area contributed by atoms with Gasteiger partial charge in [-0.2, -0.15) is 0 Å². The maximum Gasteiger partial charge on any atom is 0.0655 e. The molecule has 1 aliphatic carbocycles. The smallest absolute Gasteiger partial charge is 0.0655 e. The molecule has 1 fully saturated rings. The van der Waals surface area contributed by atoms with Crippen molar-refractivity contribution in [2.75, 3.05) is 6.61 Å². The van der Waals surface area contributed by atoms with E-state index >= 15 is 0 Å². The SMILES string of the molecule is CCOC1CC(NC(C)CC)C1(C)C. The normalized spacial score (nSPS) is 32.4. The maximum absolute atomic E-state index is 5.70. The van der Waals surface area contributed by atoms with Crippen molar-refractivity contribution in [2.24, 2.45) is 5.41 Å². The lowest BCUT2D eigenvalue weighted by Crippen LogP contribution is -2.62. The van der Waals surface area contributed by atoms with Crippen LogP contribution < -0.4 is 5.32 Å². The van der Waals surface area contributed by atoms with Crippen molar-refractivity contribution in [3.05, 3.63) is 0 Å². The summed E-state index contributed by atoms with van der Waals surface area (Å²) in [5.74, 6) is 0. The van der Waals surface area contributed by atoms with E-state index in [9.17, 15) is 0 Å². The summed E-state index contributed by atoms with van der Waals surface area (Å²) in [4.78, 5) is 0. The Morgan fingerprint density at radius 2 is 2.07 bits per heavy atom. The third-order valence-corrected chi connectivity index (χ3v) is 3.64. The zero-order chi connectivity index (χ0) is 10.8. The first-order valence-corrected chi connectivity index (χ1v) is 5.90. The molecule has 3 atom stereocenters. The quantitative estimate of drug-likeness (QED) is 0.735. The molecule has 0 heterocycles. The highest BCUT2D eigenvalue weighted by Gasteiger charge is 2.48. The molecule has 0 bridgehead atoms. The first-order chi connectivity index (χ1) is 6.52. The van der Waals surface area contributed by atoms with Crippen LogP contribution in [0.4, 0.5) is 0 Å². The van der Waals surface area contributed by atoms with E-state index in [2.05, 4.69) is 39.9 Å². The van der Waals surface area contributed by atoms with Gasteiger partial charge in [-0.15, -0.1) is 0 Å². The fraction of sp³-hybridized carbons (Fsp3) is 1.00. The molecule has 1 saturated carbocycles. The predicted molar refractivity (Wildman–Crippen MR) is 60.5 cm³/mol. The topological polar surface area (TPSA) is 21.3 Å². The number of hydrogen-bond donors (Lipinski definition) is 1. The van der Waals surface area contributed by atoms with E-state index in [1.807, 2.05) is 0 Å². The van der Waals surface area contributed by atoms with E-state index in [4.69, 9.17) is 4.74 Å². The van der Waals surface area contributed by atoms with Gasteiger partial charge in [0.05, 0.1) is 6.10 Å². The number of ether oxygens (including phenoxy) is 1. The van der Waals surface area contributed by atoms with Crippen LogP contribution in [0.5, 0.6) is 0 Å². The van der Waals surface area contributed by atoms with Gasteiger partial charge < -0.3 is 10.1 Å². The molecule has 2 heteroatoms. The summed E-state index contributed by atoms with van der Waals surface area (Å²) in [6.07, 6.45) is 2.82. The van der Waals surface area contributed by atoms with Crippen LogP contribution in [0.15, 0.2) is 0 Å². The first kappa shape index (κ1) is 12.0. The van der Waals surface area contributed by atoms with E-state index in [1.54, 1.807) is 0 Å². The zero-order valence-electron chi connectivity index (χ0n) is 10.3. The zero-order valence-corrected chi connectivity index (χ0v) is 10.3. The van der Waals surface area contributed by atoms with Crippen molar-refractivity contribution in [1.29, 1.82) is 0 Å². The molecule has 0 saturated heterocycles. The average Bonchev–Trinajstić information content (AvgIpc) is 2.16. The lowest BCUT2D eigenvalue weighted by molar-refractivity contribution is -0.116. The van der Waals surface area contributed by atoms with E-state index in [1.165, 1.54) is 12.8 Å². The van der Waals surface area contributed by atoms with E-state index in [0.29, 0.717) is 23.6 Å². The Morgan fingerprint density at radius 3 is 2.50 bits per heavy atom. The van der Waals surface area contributed by atoms with Crippen LogP contribution in [0, 0.1) is 5.41 Å². The van der Waals surface area contributed by atoms with Crippen LogP contribution in [0.2, 0.25) is 0 Å².